The van der Waals surface area contributed by atoms with E-state index in [2.05, 4.69) is 21.3 Å². The van der Waals surface area contributed by atoms with Crippen molar-refractivity contribution in [3.63, 3.8) is 0 Å². The highest BCUT2D eigenvalue weighted by Gasteiger charge is 2.17. The molecule has 0 radical (unpaired) electrons. The summed E-state index contributed by atoms with van der Waals surface area (Å²) in [7, 11) is 0. The van der Waals surface area contributed by atoms with E-state index in [4.69, 9.17) is 5.11 Å². The van der Waals surface area contributed by atoms with Crippen LogP contribution in [0.3, 0.4) is 0 Å². The number of anilines is 1. The number of rotatable bonds is 2. The van der Waals surface area contributed by atoms with Gasteiger partial charge in [0.2, 0.25) is 0 Å². The molecule has 2 aromatic rings. The van der Waals surface area contributed by atoms with Crippen molar-refractivity contribution in [1.29, 1.82) is 0 Å². The third-order valence-electron chi connectivity index (χ3n) is 3.13. The molecule has 3 rings (SSSR count). The van der Waals surface area contributed by atoms with Crippen LogP contribution in [0, 0.1) is 0 Å². The highest BCUT2D eigenvalue weighted by Crippen LogP contribution is 2.27. The number of nitrogens with zero attached hydrogens (tertiary/aromatic N) is 2. The van der Waals surface area contributed by atoms with Gasteiger partial charge in [0.1, 0.15) is 0 Å². The summed E-state index contributed by atoms with van der Waals surface area (Å²) in [5.74, 6) is 0. The predicted octanol–water partition coefficient (Wildman–Crippen LogP) is 2.20. The zero-order valence-corrected chi connectivity index (χ0v) is 10.3. The Labute approximate surface area is 104 Å². The summed E-state index contributed by atoms with van der Waals surface area (Å²) in [4.78, 5) is 7.97. The van der Waals surface area contributed by atoms with Gasteiger partial charge in [0.05, 0.1) is 12.3 Å². The number of aliphatic hydroxyl groups excluding tert-OH is 1. The molecular weight excluding hydrogens is 232 g/mol. The van der Waals surface area contributed by atoms with Crippen LogP contribution in [-0.4, -0.2) is 16.6 Å². The maximum Gasteiger partial charge on any atom is 0.0853 e. The van der Waals surface area contributed by atoms with Crippen molar-refractivity contribution in [3.8, 4) is 0 Å². The van der Waals surface area contributed by atoms with E-state index in [9.17, 15) is 0 Å². The van der Waals surface area contributed by atoms with Crippen LogP contribution in [0.1, 0.15) is 16.1 Å². The Morgan fingerprint density at radius 1 is 1.41 bits per heavy atom. The van der Waals surface area contributed by atoms with Gasteiger partial charge in [0.25, 0.3) is 0 Å². The molecule has 1 aliphatic heterocycles. The molecular formula is C13H14N2OS. The molecule has 3 nitrogen and oxygen atoms in total. The van der Waals surface area contributed by atoms with Crippen molar-refractivity contribution in [2.75, 3.05) is 11.4 Å². The normalized spacial score (nSPS) is 14.8. The summed E-state index contributed by atoms with van der Waals surface area (Å²) in [6.07, 6.45) is 2.88. The number of pyridine rings is 1. The van der Waals surface area contributed by atoms with Crippen molar-refractivity contribution in [3.05, 3.63) is 45.9 Å². The van der Waals surface area contributed by atoms with E-state index in [0.717, 1.165) is 30.9 Å². The topological polar surface area (TPSA) is 36.4 Å². The molecule has 4 heteroatoms. The van der Waals surface area contributed by atoms with Gasteiger partial charge < -0.3 is 10.0 Å². The molecule has 0 bridgehead atoms. The van der Waals surface area contributed by atoms with E-state index in [1.54, 1.807) is 6.20 Å². The van der Waals surface area contributed by atoms with Gasteiger partial charge in [-0.05, 0) is 35.6 Å². The second-order valence-electron chi connectivity index (χ2n) is 4.20. The van der Waals surface area contributed by atoms with Gasteiger partial charge in [0.15, 0.2) is 0 Å². The number of thiophene rings is 1. The lowest BCUT2D eigenvalue weighted by atomic mass is 10.1. The van der Waals surface area contributed by atoms with Gasteiger partial charge in [0, 0.05) is 29.9 Å². The van der Waals surface area contributed by atoms with Gasteiger partial charge in [-0.2, -0.15) is 0 Å². The van der Waals surface area contributed by atoms with E-state index < -0.39 is 0 Å². The first kappa shape index (κ1) is 10.7. The molecule has 0 saturated heterocycles. The molecule has 2 aromatic heterocycles. The van der Waals surface area contributed by atoms with Gasteiger partial charge in [-0.25, -0.2) is 0 Å². The first-order valence-corrected chi connectivity index (χ1v) is 6.61. The summed E-state index contributed by atoms with van der Waals surface area (Å²) in [5, 5.41) is 11.3. The number of fused-ring (bicyclic) bond motifs is 1. The Morgan fingerprint density at radius 3 is 3.24 bits per heavy atom. The summed E-state index contributed by atoms with van der Waals surface area (Å²) < 4.78 is 0. The minimum Gasteiger partial charge on any atom is -0.390 e. The van der Waals surface area contributed by atoms with Crippen LogP contribution in [0.25, 0.3) is 0 Å². The molecule has 0 aromatic carbocycles. The molecule has 0 saturated carbocycles. The zero-order valence-electron chi connectivity index (χ0n) is 9.47. The van der Waals surface area contributed by atoms with Crippen molar-refractivity contribution in [2.45, 2.75) is 19.6 Å². The van der Waals surface area contributed by atoms with Crippen LogP contribution in [0.15, 0.2) is 29.8 Å². The highest BCUT2D eigenvalue weighted by molar-refractivity contribution is 7.10. The molecule has 0 unspecified atom stereocenters. The molecule has 88 valence electrons. The first-order chi connectivity index (χ1) is 8.36. The first-order valence-electron chi connectivity index (χ1n) is 5.73. The Bertz CT molecular complexity index is 524. The lowest BCUT2D eigenvalue weighted by Crippen LogP contribution is -2.29. The quantitative estimate of drug-likeness (QED) is 0.882. The largest absolute Gasteiger partial charge is 0.390 e. The molecule has 0 amide bonds. The number of aliphatic hydroxyl groups is 1. The summed E-state index contributed by atoms with van der Waals surface area (Å²) in [6.45, 7) is 2.02. The molecule has 1 N–H and O–H groups in total. The van der Waals surface area contributed by atoms with Gasteiger partial charge in [-0.3, -0.25) is 4.98 Å². The van der Waals surface area contributed by atoms with Gasteiger partial charge in [-0.1, -0.05) is 0 Å². The van der Waals surface area contributed by atoms with Crippen LogP contribution in [0.4, 0.5) is 5.69 Å². The van der Waals surface area contributed by atoms with Crippen LogP contribution in [-0.2, 0) is 19.6 Å². The summed E-state index contributed by atoms with van der Waals surface area (Å²) in [5.41, 5.74) is 3.32. The van der Waals surface area contributed by atoms with E-state index in [-0.39, 0.29) is 6.61 Å². The van der Waals surface area contributed by atoms with Crippen LogP contribution in [0.2, 0.25) is 0 Å². The number of hydrogen-bond donors (Lipinski definition) is 1. The second-order valence-corrected chi connectivity index (χ2v) is 5.20. The van der Waals surface area contributed by atoms with Gasteiger partial charge in [-0.15, -0.1) is 11.3 Å². The summed E-state index contributed by atoms with van der Waals surface area (Å²) in [6, 6.07) is 6.19. The average Bonchev–Trinajstić information content (AvgIpc) is 2.86. The average molecular weight is 246 g/mol. The monoisotopic (exact) mass is 246 g/mol. The smallest absolute Gasteiger partial charge is 0.0853 e. The van der Waals surface area contributed by atoms with E-state index >= 15 is 0 Å². The fourth-order valence-corrected chi connectivity index (χ4v) is 3.11. The molecule has 17 heavy (non-hydrogen) atoms. The number of aromatic nitrogens is 1. The fourth-order valence-electron chi connectivity index (χ4n) is 2.22. The fraction of sp³-hybridized carbons (Fsp3) is 0.308. The third-order valence-corrected chi connectivity index (χ3v) is 4.16. The minimum atomic E-state index is 0.00534. The van der Waals surface area contributed by atoms with Crippen LogP contribution >= 0.6 is 11.3 Å². The Hall–Kier alpha value is -1.39. The maximum absolute atomic E-state index is 9.11. The van der Waals surface area contributed by atoms with Crippen molar-refractivity contribution in [2.24, 2.45) is 0 Å². The standard InChI is InChI=1S/C13H14N2OS/c16-9-11-7-12(1-4-14-11)15-5-2-13-10(8-15)3-6-17-13/h1,3-4,6-7,16H,2,5,8-9H2. The van der Waals surface area contributed by atoms with E-state index in [1.807, 2.05) is 23.5 Å². The molecule has 0 spiro atoms. The van der Waals surface area contributed by atoms with Gasteiger partial charge >= 0.3 is 0 Å². The Morgan fingerprint density at radius 2 is 2.35 bits per heavy atom. The Balaban J connectivity index is 1.86. The van der Waals surface area contributed by atoms with Crippen molar-refractivity contribution < 1.29 is 5.11 Å². The predicted molar refractivity (Wildman–Crippen MR) is 69.2 cm³/mol. The molecule has 3 heterocycles. The molecule has 1 aliphatic rings. The molecule has 0 fully saturated rings. The molecule has 0 aliphatic carbocycles. The lowest BCUT2D eigenvalue weighted by molar-refractivity contribution is 0.277. The highest BCUT2D eigenvalue weighted by atomic mass is 32.1. The SMILES string of the molecule is OCc1cc(N2CCc3sccc3C2)ccn1. The van der Waals surface area contributed by atoms with E-state index in [0.29, 0.717) is 0 Å². The van der Waals surface area contributed by atoms with Crippen molar-refractivity contribution >= 4 is 17.0 Å². The minimum absolute atomic E-state index is 0.00534. The third kappa shape index (κ3) is 2.06. The Kier molecular flexibility index (Phi) is 2.82. The van der Waals surface area contributed by atoms with Crippen LogP contribution < -0.4 is 4.90 Å². The second kappa shape index (κ2) is 4.47. The number of hydrogen-bond acceptors (Lipinski definition) is 4. The summed E-state index contributed by atoms with van der Waals surface area (Å²) >= 11 is 1.85. The molecule has 0 atom stereocenters. The maximum atomic E-state index is 9.11. The van der Waals surface area contributed by atoms with Crippen LogP contribution in [0.5, 0.6) is 0 Å². The van der Waals surface area contributed by atoms with Crippen molar-refractivity contribution in [1.82, 2.24) is 4.98 Å². The zero-order chi connectivity index (χ0) is 11.7. The lowest BCUT2D eigenvalue weighted by Gasteiger charge is -2.29. The van der Waals surface area contributed by atoms with E-state index in [1.165, 1.54) is 10.4 Å².